The quantitative estimate of drug-likeness (QED) is 0.622. The van der Waals surface area contributed by atoms with E-state index < -0.39 is 23.5 Å². The Morgan fingerprint density at radius 3 is 2.39 bits per heavy atom. The van der Waals surface area contributed by atoms with Crippen molar-refractivity contribution in [1.29, 1.82) is 0 Å². The molecule has 0 unspecified atom stereocenters. The third kappa shape index (κ3) is 4.13. The fourth-order valence-electron chi connectivity index (χ4n) is 2.61. The highest BCUT2D eigenvalue weighted by molar-refractivity contribution is 6.08. The van der Waals surface area contributed by atoms with Gasteiger partial charge in [0.05, 0.1) is 23.0 Å². The molecule has 0 aliphatic rings. The number of anilines is 3. The number of nitrogens with zero attached hydrogens (tertiary/aromatic N) is 2. The lowest BCUT2D eigenvalue weighted by Crippen LogP contribution is -2.17. The van der Waals surface area contributed by atoms with Crippen LogP contribution in [0.3, 0.4) is 0 Å². The largest absolute Gasteiger partial charge is 0.416 e. The van der Waals surface area contributed by atoms with Gasteiger partial charge < -0.3 is 10.6 Å². The lowest BCUT2D eigenvalue weighted by molar-refractivity contribution is -0.137. The Hall–Kier alpha value is -3.36. The van der Waals surface area contributed by atoms with Gasteiger partial charge in [-0.1, -0.05) is 0 Å². The summed E-state index contributed by atoms with van der Waals surface area (Å²) in [4.78, 5) is 12.7. The second kappa shape index (κ2) is 7.34. The molecule has 3 rings (SSSR count). The van der Waals surface area contributed by atoms with E-state index in [1.807, 2.05) is 0 Å². The Morgan fingerprint density at radius 1 is 1.07 bits per heavy atom. The number of alkyl halides is 3. The highest BCUT2D eigenvalue weighted by Crippen LogP contribution is 2.33. The topological polar surface area (TPSA) is 59.0 Å². The molecule has 0 aliphatic heterocycles. The number of carbonyl (C=O) groups excluding carboxylic acids is 1. The van der Waals surface area contributed by atoms with Crippen molar-refractivity contribution < 1.29 is 22.4 Å². The highest BCUT2D eigenvalue weighted by atomic mass is 19.4. The van der Waals surface area contributed by atoms with E-state index in [0.29, 0.717) is 17.1 Å². The van der Waals surface area contributed by atoms with Crippen LogP contribution in [0.5, 0.6) is 0 Å². The second-order valence-electron chi connectivity index (χ2n) is 6.14. The summed E-state index contributed by atoms with van der Waals surface area (Å²) in [6.07, 6.45) is -3.16. The van der Waals surface area contributed by atoms with Crippen LogP contribution in [-0.4, -0.2) is 15.7 Å². The third-order valence-electron chi connectivity index (χ3n) is 4.11. The molecule has 0 fully saturated rings. The van der Waals surface area contributed by atoms with Crippen molar-refractivity contribution in [2.75, 3.05) is 10.6 Å². The van der Waals surface area contributed by atoms with Crippen molar-refractivity contribution in [3.05, 3.63) is 71.2 Å². The van der Waals surface area contributed by atoms with E-state index in [-0.39, 0.29) is 11.3 Å². The molecule has 28 heavy (non-hydrogen) atoms. The summed E-state index contributed by atoms with van der Waals surface area (Å²) in [6.45, 7) is 1.64. The van der Waals surface area contributed by atoms with Gasteiger partial charge in [0.25, 0.3) is 5.91 Å². The van der Waals surface area contributed by atoms with Gasteiger partial charge in [-0.2, -0.15) is 18.3 Å². The molecule has 1 amide bonds. The van der Waals surface area contributed by atoms with Crippen LogP contribution < -0.4 is 10.6 Å². The molecular weight excluding hydrogens is 376 g/mol. The van der Waals surface area contributed by atoms with Crippen LogP contribution in [0.15, 0.2) is 48.7 Å². The number of amides is 1. The number of carbonyl (C=O) groups is 1. The summed E-state index contributed by atoms with van der Waals surface area (Å²) in [5.41, 5.74) is -0.000191. The molecule has 5 nitrogen and oxygen atoms in total. The fourth-order valence-corrected chi connectivity index (χ4v) is 2.61. The second-order valence-corrected chi connectivity index (χ2v) is 6.14. The molecule has 1 heterocycles. The number of aromatic nitrogens is 2. The van der Waals surface area contributed by atoms with Crippen LogP contribution in [0.25, 0.3) is 0 Å². The number of halogens is 4. The van der Waals surface area contributed by atoms with Crippen LogP contribution in [0, 0.1) is 12.7 Å². The van der Waals surface area contributed by atoms with Gasteiger partial charge >= 0.3 is 6.18 Å². The van der Waals surface area contributed by atoms with Gasteiger partial charge in [-0.15, -0.1) is 0 Å². The van der Waals surface area contributed by atoms with Crippen molar-refractivity contribution in [1.82, 2.24) is 9.78 Å². The zero-order chi connectivity index (χ0) is 20.5. The van der Waals surface area contributed by atoms with E-state index in [0.717, 1.165) is 12.1 Å². The van der Waals surface area contributed by atoms with E-state index in [2.05, 4.69) is 15.7 Å². The molecule has 2 aromatic carbocycles. The number of benzene rings is 2. The molecule has 0 atom stereocenters. The third-order valence-corrected chi connectivity index (χ3v) is 4.11. The van der Waals surface area contributed by atoms with Gasteiger partial charge in [-0.3, -0.25) is 9.48 Å². The summed E-state index contributed by atoms with van der Waals surface area (Å²) < 4.78 is 54.1. The first-order chi connectivity index (χ1) is 13.1. The van der Waals surface area contributed by atoms with E-state index in [9.17, 15) is 22.4 Å². The molecule has 0 spiro atoms. The molecule has 3 aromatic rings. The minimum atomic E-state index is -4.61. The molecule has 0 saturated carbocycles. The summed E-state index contributed by atoms with van der Waals surface area (Å²) in [7, 11) is 1.59. The molecule has 0 saturated heterocycles. The maximum atomic E-state index is 13.3. The number of rotatable bonds is 4. The maximum absolute atomic E-state index is 13.3. The molecular formula is C19H16F4N4O. The average Bonchev–Trinajstić information content (AvgIpc) is 3.01. The smallest absolute Gasteiger partial charge is 0.355 e. The Morgan fingerprint density at radius 2 is 1.79 bits per heavy atom. The summed E-state index contributed by atoms with van der Waals surface area (Å²) in [5, 5.41) is 9.33. The van der Waals surface area contributed by atoms with E-state index in [1.165, 1.54) is 41.2 Å². The van der Waals surface area contributed by atoms with Gasteiger partial charge in [0.1, 0.15) is 11.6 Å². The number of hydrogen-bond acceptors (Lipinski definition) is 3. The number of aryl methyl sites for hydroxylation is 2. The van der Waals surface area contributed by atoms with Gasteiger partial charge in [0, 0.05) is 18.8 Å². The molecule has 0 radical (unpaired) electrons. The van der Waals surface area contributed by atoms with E-state index in [4.69, 9.17) is 0 Å². The number of nitrogens with one attached hydrogen (secondary N) is 2. The van der Waals surface area contributed by atoms with Crippen molar-refractivity contribution in [3.63, 3.8) is 0 Å². The first-order valence-corrected chi connectivity index (χ1v) is 8.19. The Balaban J connectivity index is 2.01. The number of hydrogen-bond donors (Lipinski definition) is 2. The van der Waals surface area contributed by atoms with Crippen LogP contribution in [-0.2, 0) is 13.2 Å². The predicted molar refractivity (Wildman–Crippen MR) is 97.0 cm³/mol. The SMILES string of the molecule is Cc1cc(F)ccc1Nc1ccc(C(F)(F)F)cc1C(=O)Nc1ccnn1C. The van der Waals surface area contributed by atoms with Crippen molar-refractivity contribution in [3.8, 4) is 0 Å². The van der Waals surface area contributed by atoms with Crippen LogP contribution in [0.1, 0.15) is 21.5 Å². The van der Waals surface area contributed by atoms with Crippen LogP contribution in [0.4, 0.5) is 34.8 Å². The highest BCUT2D eigenvalue weighted by Gasteiger charge is 2.32. The fraction of sp³-hybridized carbons (Fsp3) is 0.158. The summed E-state index contributed by atoms with van der Waals surface area (Å²) in [6, 6.07) is 8.28. The van der Waals surface area contributed by atoms with Gasteiger partial charge in [-0.05, 0) is 48.9 Å². The average molecular weight is 392 g/mol. The summed E-state index contributed by atoms with van der Waals surface area (Å²) >= 11 is 0. The predicted octanol–water partition coefficient (Wildman–Crippen LogP) is 4.88. The minimum absolute atomic E-state index is 0.155. The van der Waals surface area contributed by atoms with Gasteiger partial charge in [0.15, 0.2) is 0 Å². The van der Waals surface area contributed by atoms with Crippen LogP contribution >= 0.6 is 0 Å². The molecule has 1 aromatic heterocycles. The normalized spacial score (nSPS) is 11.4. The maximum Gasteiger partial charge on any atom is 0.416 e. The van der Waals surface area contributed by atoms with Crippen molar-refractivity contribution in [2.45, 2.75) is 13.1 Å². The Bertz CT molecular complexity index is 1030. The van der Waals surface area contributed by atoms with Crippen LogP contribution in [0.2, 0.25) is 0 Å². The molecule has 0 bridgehead atoms. The first-order valence-electron chi connectivity index (χ1n) is 8.19. The zero-order valence-electron chi connectivity index (χ0n) is 14.9. The van der Waals surface area contributed by atoms with E-state index in [1.54, 1.807) is 14.0 Å². The lowest BCUT2D eigenvalue weighted by atomic mass is 10.1. The minimum Gasteiger partial charge on any atom is -0.355 e. The van der Waals surface area contributed by atoms with Crippen molar-refractivity contribution >= 4 is 23.1 Å². The molecule has 2 N–H and O–H groups in total. The lowest BCUT2D eigenvalue weighted by Gasteiger charge is -2.16. The van der Waals surface area contributed by atoms with E-state index >= 15 is 0 Å². The Labute approximate surface area is 158 Å². The molecule has 9 heteroatoms. The standard InChI is InChI=1S/C19H16F4N4O/c1-11-9-13(20)4-6-15(11)25-16-5-3-12(19(21,22)23)10-14(16)18(28)26-17-7-8-24-27(17)2/h3-10,25H,1-2H3,(H,26,28). The molecule has 0 aliphatic carbocycles. The monoisotopic (exact) mass is 392 g/mol. The zero-order valence-corrected chi connectivity index (χ0v) is 14.9. The summed E-state index contributed by atoms with van der Waals surface area (Å²) in [5.74, 6) is -0.854. The molecule has 146 valence electrons. The van der Waals surface area contributed by atoms with Gasteiger partial charge in [0.2, 0.25) is 0 Å². The first kappa shape index (κ1) is 19.4. The van der Waals surface area contributed by atoms with Gasteiger partial charge in [-0.25, -0.2) is 4.39 Å². The van der Waals surface area contributed by atoms with Crippen molar-refractivity contribution in [2.24, 2.45) is 7.05 Å². The Kier molecular flexibility index (Phi) is 5.08.